The fourth-order valence-corrected chi connectivity index (χ4v) is 1.82. The molecule has 2 N–H and O–H groups in total. The van der Waals surface area contributed by atoms with E-state index in [0.29, 0.717) is 6.42 Å². The third-order valence-electron chi connectivity index (χ3n) is 2.68. The maximum atomic E-state index is 10.7. The van der Waals surface area contributed by atoms with Gasteiger partial charge in [-0.3, -0.25) is 4.79 Å². The normalized spacial score (nSPS) is 13.0. The minimum Gasteiger partial charge on any atom is -0.481 e. The van der Waals surface area contributed by atoms with E-state index in [-0.39, 0.29) is 6.61 Å². The zero-order valence-corrected chi connectivity index (χ0v) is 10.5. The number of hydrogen-bond acceptors (Lipinski definition) is 3. The molecule has 0 aliphatic heterocycles. The molecule has 0 saturated heterocycles. The maximum absolute atomic E-state index is 10.7. The van der Waals surface area contributed by atoms with E-state index in [1.165, 1.54) is 0 Å². The van der Waals surface area contributed by atoms with E-state index < -0.39 is 11.9 Å². The number of hydrogen-bond donors (Lipinski definition) is 2. The Morgan fingerprint density at radius 3 is 2.12 bits per heavy atom. The first kappa shape index (κ1) is 15.4. The Hall–Kier alpha value is -0.610. The Bertz CT molecular complexity index is 179. The highest BCUT2D eigenvalue weighted by Crippen LogP contribution is 2.07. The molecule has 0 aromatic rings. The third kappa shape index (κ3) is 6.80. The van der Waals surface area contributed by atoms with Crippen molar-refractivity contribution in [2.45, 2.75) is 39.5 Å². The van der Waals surface area contributed by atoms with E-state index in [9.17, 15) is 4.79 Å². The molecule has 0 saturated carbocycles. The van der Waals surface area contributed by atoms with Crippen LogP contribution in [0.3, 0.4) is 0 Å². The summed E-state index contributed by atoms with van der Waals surface area (Å²) >= 11 is 0. The van der Waals surface area contributed by atoms with Crippen LogP contribution in [-0.4, -0.2) is 47.3 Å². The van der Waals surface area contributed by atoms with Crippen molar-refractivity contribution in [3.63, 3.8) is 0 Å². The molecule has 0 radical (unpaired) electrons. The van der Waals surface area contributed by atoms with Crippen LogP contribution in [-0.2, 0) is 4.79 Å². The topological polar surface area (TPSA) is 60.8 Å². The highest BCUT2D eigenvalue weighted by Gasteiger charge is 2.15. The van der Waals surface area contributed by atoms with Crippen LogP contribution >= 0.6 is 0 Å². The van der Waals surface area contributed by atoms with E-state index in [1.54, 1.807) is 0 Å². The van der Waals surface area contributed by atoms with Crippen LogP contribution in [0.15, 0.2) is 0 Å². The van der Waals surface area contributed by atoms with Gasteiger partial charge in [0.2, 0.25) is 0 Å². The number of rotatable bonds is 10. The van der Waals surface area contributed by atoms with E-state index in [1.807, 2.05) is 0 Å². The molecule has 0 aromatic carbocycles. The second-order valence-electron chi connectivity index (χ2n) is 4.20. The molecule has 0 bridgehead atoms. The van der Waals surface area contributed by atoms with Gasteiger partial charge in [0.05, 0.1) is 12.5 Å². The molecule has 4 heteroatoms. The molecule has 16 heavy (non-hydrogen) atoms. The Morgan fingerprint density at radius 1 is 1.19 bits per heavy atom. The quantitative estimate of drug-likeness (QED) is 0.599. The van der Waals surface area contributed by atoms with Gasteiger partial charge in [-0.25, -0.2) is 0 Å². The van der Waals surface area contributed by atoms with Crippen LogP contribution in [0.25, 0.3) is 0 Å². The van der Waals surface area contributed by atoms with Crippen LogP contribution in [0.1, 0.15) is 39.5 Å². The summed E-state index contributed by atoms with van der Waals surface area (Å²) in [6.45, 7) is 7.13. The number of aliphatic hydroxyl groups is 1. The van der Waals surface area contributed by atoms with E-state index in [4.69, 9.17) is 10.2 Å². The van der Waals surface area contributed by atoms with Gasteiger partial charge < -0.3 is 15.1 Å². The molecule has 0 fully saturated rings. The molecule has 0 aliphatic carbocycles. The predicted octanol–water partition coefficient (Wildman–Crippen LogP) is 1.58. The van der Waals surface area contributed by atoms with Gasteiger partial charge in [0.15, 0.2) is 0 Å². The van der Waals surface area contributed by atoms with Gasteiger partial charge in [-0.15, -0.1) is 0 Å². The van der Waals surface area contributed by atoms with Crippen LogP contribution in [0.4, 0.5) is 0 Å². The van der Waals surface area contributed by atoms with Crippen molar-refractivity contribution in [2.75, 3.05) is 26.2 Å². The minimum atomic E-state index is -0.889. The van der Waals surface area contributed by atoms with E-state index in [0.717, 1.165) is 38.9 Å². The molecule has 1 unspecified atom stereocenters. The molecule has 0 spiro atoms. The summed E-state index contributed by atoms with van der Waals surface area (Å²) in [5.74, 6) is -1.48. The highest BCUT2D eigenvalue weighted by molar-refractivity contribution is 5.69. The van der Waals surface area contributed by atoms with Gasteiger partial charge in [0.1, 0.15) is 0 Å². The van der Waals surface area contributed by atoms with Crippen molar-refractivity contribution in [3.8, 4) is 0 Å². The second-order valence-corrected chi connectivity index (χ2v) is 4.20. The fraction of sp³-hybridized carbons (Fsp3) is 0.917. The molecule has 1 atom stereocenters. The lowest BCUT2D eigenvalue weighted by Gasteiger charge is -2.21. The SMILES string of the molecule is CCCN(CCC)CCCC(CO)C(=O)O. The summed E-state index contributed by atoms with van der Waals surface area (Å²) in [4.78, 5) is 13.0. The number of aliphatic carboxylic acids is 1. The van der Waals surface area contributed by atoms with Crippen LogP contribution in [0.5, 0.6) is 0 Å². The average molecular weight is 231 g/mol. The summed E-state index contributed by atoms with van der Waals surface area (Å²) in [5.41, 5.74) is 0. The molecule has 4 nitrogen and oxygen atoms in total. The van der Waals surface area contributed by atoms with Crippen LogP contribution in [0.2, 0.25) is 0 Å². The smallest absolute Gasteiger partial charge is 0.308 e. The van der Waals surface area contributed by atoms with Gasteiger partial charge in [0.25, 0.3) is 0 Å². The molecule has 0 rings (SSSR count). The predicted molar refractivity (Wildman–Crippen MR) is 64.5 cm³/mol. The second kappa shape index (κ2) is 9.60. The summed E-state index contributed by atoms with van der Waals surface area (Å²) in [7, 11) is 0. The van der Waals surface area contributed by atoms with Gasteiger partial charge in [0, 0.05) is 0 Å². The zero-order valence-electron chi connectivity index (χ0n) is 10.5. The molecule has 96 valence electrons. The van der Waals surface area contributed by atoms with E-state index in [2.05, 4.69) is 18.7 Å². The Balaban J connectivity index is 3.78. The number of nitrogens with zero attached hydrogens (tertiary/aromatic N) is 1. The molecular weight excluding hydrogens is 206 g/mol. The number of carboxylic acid groups (broad SMARTS) is 1. The fourth-order valence-electron chi connectivity index (χ4n) is 1.82. The monoisotopic (exact) mass is 231 g/mol. The van der Waals surface area contributed by atoms with Crippen molar-refractivity contribution in [3.05, 3.63) is 0 Å². The first-order valence-corrected chi connectivity index (χ1v) is 6.21. The minimum absolute atomic E-state index is 0.253. The molecule has 0 aromatic heterocycles. The van der Waals surface area contributed by atoms with Gasteiger partial charge >= 0.3 is 5.97 Å². The average Bonchev–Trinajstić information content (AvgIpc) is 2.24. The standard InChI is InChI=1S/C12H25NO3/c1-3-7-13(8-4-2)9-5-6-11(10-14)12(15)16/h11,14H,3-10H2,1-2H3,(H,15,16). The van der Waals surface area contributed by atoms with E-state index >= 15 is 0 Å². The summed E-state index contributed by atoms with van der Waals surface area (Å²) in [6.07, 6.45) is 3.66. The number of carboxylic acids is 1. The molecular formula is C12H25NO3. The van der Waals surface area contributed by atoms with Crippen LogP contribution in [0, 0.1) is 5.92 Å². The van der Waals surface area contributed by atoms with Crippen molar-refractivity contribution in [2.24, 2.45) is 5.92 Å². The Morgan fingerprint density at radius 2 is 1.75 bits per heavy atom. The molecule has 0 heterocycles. The van der Waals surface area contributed by atoms with Crippen molar-refractivity contribution >= 4 is 5.97 Å². The summed E-state index contributed by atoms with van der Waals surface area (Å²) in [6, 6.07) is 0. The largest absolute Gasteiger partial charge is 0.481 e. The summed E-state index contributed by atoms with van der Waals surface area (Å²) < 4.78 is 0. The summed E-state index contributed by atoms with van der Waals surface area (Å²) in [5, 5.41) is 17.6. The van der Waals surface area contributed by atoms with Crippen molar-refractivity contribution < 1.29 is 15.0 Å². The Kier molecular flexibility index (Phi) is 9.24. The first-order valence-electron chi connectivity index (χ1n) is 6.21. The lowest BCUT2D eigenvalue weighted by molar-refractivity contribution is -0.143. The third-order valence-corrected chi connectivity index (χ3v) is 2.68. The van der Waals surface area contributed by atoms with Crippen molar-refractivity contribution in [1.29, 1.82) is 0 Å². The lowest BCUT2D eigenvalue weighted by Crippen LogP contribution is -2.28. The van der Waals surface area contributed by atoms with Crippen LogP contribution < -0.4 is 0 Å². The van der Waals surface area contributed by atoms with Gasteiger partial charge in [-0.1, -0.05) is 13.8 Å². The number of aliphatic hydroxyl groups excluding tert-OH is 1. The Labute approximate surface area is 98.3 Å². The van der Waals surface area contributed by atoms with Gasteiger partial charge in [-0.2, -0.15) is 0 Å². The highest BCUT2D eigenvalue weighted by atomic mass is 16.4. The first-order chi connectivity index (χ1) is 7.65. The molecule has 0 amide bonds. The van der Waals surface area contributed by atoms with Crippen molar-refractivity contribution in [1.82, 2.24) is 4.90 Å². The maximum Gasteiger partial charge on any atom is 0.308 e. The van der Waals surface area contributed by atoms with Gasteiger partial charge in [-0.05, 0) is 45.3 Å². The molecule has 0 aliphatic rings. The zero-order chi connectivity index (χ0) is 12.4. The lowest BCUT2D eigenvalue weighted by atomic mass is 10.0. The number of carbonyl (C=O) groups is 1.